The van der Waals surface area contributed by atoms with Gasteiger partial charge in [0.1, 0.15) is 21.8 Å². The fourth-order valence-corrected chi connectivity index (χ4v) is 5.04. The minimum absolute atomic E-state index is 0.0495. The zero-order valence-electron chi connectivity index (χ0n) is 19.1. The second-order valence-electron chi connectivity index (χ2n) is 7.72. The van der Waals surface area contributed by atoms with Crippen LogP contribution in [0.15, 0.2) is 76.2 Å². The summed E-state index contributed by atoms with van der Waals surface area (Å²) in [4.78, 5) is 27.7. The minimum Gasteiger partial charge on any atom is -0.454 e. The molecule has 2 aromatic carbocycles. The first-order valence-electron chi connectivity index (χ1n) is 10.7. The van der Waals surface area contributed by atoms with E-state index in [1.54, 1.807) is 23.6 Å². The number of carbonyl (C=O) groups is 2. The Balaban J connectivity index is 1.40. The monoisotopic (exact) mass is 504 g/mol. The van der Waals surface area contributed by atoms with E-state index < -0.39 is 18.4 Å². The second-order valence-corrected chi connectivity index (χ2v) is 9.11. The number of nitrogens with zero attached hydrogens (tertiary/aromatic N) is 4. The van der Waals surface area contributed by atoms with Crippen molar-refractivity contribution in [1.82, 2.24) is 9.78 Å². The molecule has 35 heavy (non-hydrogen) atoms. The van der Waals surface area contributed by atoms with Crippen LogP contribution < -0.4 is 4.90 Å². The van der Waals surface area contributed by atoms with Crippen molar-refractivity contribution in [3.8, 4) is 6.07 Å². The normalized spacial score (nSPS) is 14.1. The van der Waals surface area contributed by atoms with Crippen LogP contribution >= 0.6 is 23.4 Å². The molecule has 0 radical (unpaired) electrons. The number of hydrogen-bond acceptors (Lipinski definition) is 7. The molecule has 0 bridgehead atoms. The Morgan fingerprint density at radius 2 is 1.89 bits per heavy atom. The van der Waals surface area contributed by atoms with E-state index >= 15 is 0 Å². The highest BCUT2D eigenvalue weighted by atomic mass is 35.5. The molecular weight excluding hydrogens is 484 g/mol. The van der Waals surface area contributed by atoms with Crippen molar-refractivity contribution in [3.63, 3.8) is 0 Å². The van der Waals surface area contributed by atoms with Gasteiger partial charge in [-0.2, -0.15) is 10.4 Å². The predicted molar refractivity (Wildman–Crippen MR) is 136 cm³/mol. The molecule has 4 rings (SSSR count). The molecule has 0 saturated carbocycles. The van der Waals surface area contributed by atoms with Crippen molar-refractivity contribution in [2.45, 2.75) is 18.4 Å². The van der Waals surface area contributed by atoms with Crippen molar-refractivity contribution in [1.29, 1.82) is 5.26 Å². The number of halogens is 1. The van der Waals surface area contributed by atoms with Gasteiger partial charge in [0, 0.05) is 23.6 Å². The highest BCUT2D eigenvalue weighted by Gasteiger charge is 2.28. The Hall–Kier alpha value is -3.80. The molecule has 7 nitrogen and oxygen atoms in total. The number of para-hydroxylation sites is 1. The summed E-state index contributed by atoms with van der Waals surface area (Å²) < 4.78 is 6.76. The van der Waals surface area contributed by atoms with Crippen molar-refractivity contribution in [2.24, 2.45) is 0 Å². The molecule has 0 saturated heterocycles. The molecule has 1 aliphatic heterocycles. The molecule has 176 valence electrons. The Kier molecular flexibility index (Phi) is 7.39. The van der Waals surface area contributed by atoms with Crippen molar-refractivity contribution >= 4 is 46.9 Å². The van der Waals surface area contributed by atoms with E-state index in [-0.39, 0.29) is 5.57 Å². The zero-order valence-corrected chi connectivity index (χ0v) is 20.6. The number of rotatable bonds is 7. The summed E-state index contributed by atoms with van der Waals surface area (Å²) in [5, 5.41) is 14.9. The lowest BCUT2D eigenvalue weighted by molar-refractivity contribution is -0.141. The summed E-state index contributed by atoms with van der Waals surface area (Å²) in [7, 11) is 1.79. The largest absolute Gasteiger partial charge is 0.454 e. The maximum absolute atomic E-state index is 12.7. The van der Waals surface area contributed by atoms with Gasteiger partial charge < -0.3 is 9.64 Å². The maximum Gasteiger partial charge on any atom is 0.331 e. The van der Waals surface area contributed by atoms with E-state index in [4.69, 9.17) is 16.3 Å². The lowest BCUT2D eigenvalue weighted by Gasteiger charge is -2.14. The molecule has 0 aliphatic carbocycles. The molecule has 1 aromatic heterocycles. The van der Waals surface area contributed by atoms with Gasteiger partial charge in [-0.15, -0.1) is 0 Å². The number of aryl methyl sites for hydroxylation is 1. The molecule has 2 heterocycles. The number of ether oxygens (including phenoxy) is 1. The molecule has 1 aliphatic rings. The lowest BCUT2D eigenvalue weighted by Crippen LogP contribution is -2.19. The van der Waals surface area contributed by atoms with Crippen LogP contribution in [0.4, 0.5) is 5.69 Å². The molecule has 9 heteroatoms. The molecule has 0 atom stereocenters. The quantitative estimate of drug-likeness (QED) is 0.254. The Morgan fingerprint density at radius 3 is 2.60 bits per heavy atom. The summed E-state index contributed by atoms with van der Waals surface area (Å²) in [6.45, 7) is 1.75. The molecule has 0 amide bonds. The van der Waals surface area contributed by atoms with Crippen molar-refractivity contribution in [3.05, 3.63) is 93.2 Å². The van der Waals surface area contributed by atoms with Gasteiger partial charge in [-0.3, -0.25) is 4.79 Å². The molecule has 0 unspecified atom stereocenters. The van der Waals surface area contributed by atoms with E-state index in [2.05, 4.69) is 5.10 Å². The van der Waals surface area contributed by atoms with E-state index in [1.807, 2.05) is 60.7 Å². The highest BCUT2D eigenvalue weighted by Crippen LogP contribution is 2.46. The first-order chi connectivity index (χ1) is 16.9. The van der Waals surface area contributed by atoms with Gasteiger partial charge in [0.2, 0.25) is 5.78 Å². The average Bonchev–Trinajstić information content (AvgIpc) is 3.33. The second kappa shape index (κ2) is 10.6. The molecule has 0 fully saturated rings. The number of anilines is 1. The fourth-order valence-electron chi connectivity index (χ4n) is 3.58. The Bertz CT molecular complexity index is 1390. The Morgan fingerprint density at radius 1 is 1.17 bits per heavy atom. The lowest BCUT2D eigenvalue weighted by atomic mass is 10.2. The van der Waals surface area contributed by atoms with Crippen LogP contribution in [0, 0.1) is 18.3 Å². The summed E-state index contributed by atoms with van der Waals surface area (Å²) in [6, 6.07) is 19.3. The summed E-state index contributed by atoms with van der Waals surface area (Å²) in [5.74, 6) is -1.29. The van der Waals surface area contributed by atoms with Gasteiger partial charge in [0.15, 0.2) is 6.61 Å². The topological polar surface area (TPSA) is 88.2 Å². The van der Waals surface area contributed by atoms with E-state index in [0.29, 0.717) is 28.0 Å². The number of esters is 1. The fraction of sp³-hybridized carbons (Fsp3) is 0.154. The molecule has 0 spiro atoms. The number of ketones is 1. The minimum atomic E-state index is -0.720. The molecule has 3 aromatic rings. The van der Waals surface area contributed by atoms with Crippen LogP contribution in [0.2, 0.25) is 5.15 Å². The third-order valence-electron chi connectivity index (χ3n) is 5.36. The van der Waals surface area contributed by atoms with Crippen molar-refractivity contribution in [2.75, 3.05) is 18.6 Å². The molecular formula is C26H21ClN4O3S. The van der Waals surface area contributed by atoms with Crippen LogP contribution in [0.5, 0.6) is 0 Å². The van der Waals surface area contributed by atoms with E-state index in [1.165, 1.54) is 23.9 Å². The number of fused-ring (bicyclic) bond motifs is 1. The zero-order chi connectivity index (χ0) is 24.9. The van der Waals surface area contributed by atoms with Gasteiger partial charge >= 0.3 is 5.97 Å². The SMILES string of the molecule is Cc1nn(Cc2ccccc2)c(Cl)c1C=CC(=O)OCC(=O)C(C#N)=C1Sc2ccccc2N1C. The van der Waals surface area contributed by atoms with E-state index in [0.717, 1.165) is 16.1 Å². The average molecular weight is 505 g/mol. The first kappa shape index (κ1) is 24.3. The van der Waals surface area contributed by atoms with Crippen LogP contribution in [-0.2, 0) is 20.9 Å². The maximum atomic E-state index is 12.7. The van der Waals surface area contributed by atoms with E-state index in [9.17, 15) is 14.9 Å². The number of thioether (sulfide) groups is 1. The smallest absolute Gasteiger partial charge is 0.331 e. The van der Waals surface area contributed by atoms with Crippen LogP contribution in [0.25, 0.3) is 6.08 Å². The van der Waals surface area contributed by atoms with Gasteiger partial charge in [0.05, 0.1) is 17.9 Å². The highest BCUT2D eigenvalue weighted by molar-refractivity contribution is 8.03. The summed E-state index contributed by atoms with van der Waals surface area (Å²) >= 11 is 7.81. The third-order valence-corrected chi connectivity index (χ3v) is 6.99. The van der Waals surface area contributed by atoms with Crippen molar-refractivity contribution < 1.29 is 14.3 Å². The number of nitriles is 1. The number of benzene rings is 2. The number of aromatic nitrogens is 2. The summed E-state index contributed by atoms with van der Waals surface area (Å²) in [5.41, 5.74) is 3.15. The van der Waals surface area contributed by atoms with Gasteiger partial charge in [0.25, 0.3) is 0 Å². The van der Waals surface area contributed by atoms with Gasteiger partial charge in [-0.1, -0.05) is 65.8 Å². The third kappa shape index (κ3) is 5.32. The summed E-state index contributed by atoms with van der Waals surface area (Å²) in [6.07, 6.45) is 2.71. The number of hydrogen-bond donors (Lipinski definition) is 0. The standard InChI is InChI=1S/C26H21ClN4O3S/c1-17-19(25(27)31(29-17)15-18-8-4-3-5-9-18)12-13-24(33)34-16-22(32)20(14-28)26-30(2)21-10-6-7-11-23(21)35-26/h3-13H,15-16H2,1-2H3. The Labute approximate surface area is 212 Å². The van der Waals surface area contributed by atoms with Gasteiger partial charge in [-0.05, 0) is 30.7 Å². The van der Waals surface area contributed by atoms with Crippen LogP contribution in [0.3, 0.4) is 0 Å². The number of Topliss-reactive ketones (excluding diaryl/α,β-unsaturated/α-hetero) is 1. The predicted octanol–water partition coefficient (Wildman–Crippen LogP) is 5.00. The first-order valence-corrected chi connectivity index (χ1v) is 11.9. The van der Waals surface area contributed by atoms with Crippen LogP contribution in [0.1, 0.15) is 16.8 Å². The number of carbonyl (C=O) groups excluding carboxylic acids is 2. The molecule has 0 N–H and O–H groups in total. The van der Waals surface area contributed by atoms with Gasteiger partial charge in [-0.25, -0.2) is 9.48 Å². The van der Waals surface area contributed by atoms with Crippen LogP contribution in [-0.4, -0.2) is 35.2 Å².